The number of hydrogen-bond acceptors (Lipinski definition) is 3. The lowest BCUT2D eigenvalue weighted by Gasteiger charge is -2.27. The Morgan fingerprint density at radius 2 is 1.95 bits per heavy atom. The van der Waals surface area contributed by atoms with Crippen molar-refractivity contribution in [1.29, 1.82) is 0 Å². The van der Waals surface area contributed by atoms with E-state index in [1.54, 1.807) is 0 Å². The Morgan fingerprint density at radius 3 is 2.42 bits per heavy atom. The molecule has 1 N–H and O–H groups in total. The van der Waals surface area contributed by atoms with Crippen molar-refractivity contribution >= 4 is 33.2 Å². The minimum atomic E-state index is -3.61. The second-order valence-corrected chi connectivity index (χ2v) is 8.09. The van der Waals surface area contributed by atoms with Gasteiger partial charge in [0, 0.05) is 12.7 Å². The first-order valence-electron chi connectivity index (χ1n) is 5.85. The molecule has 1 aromatic rings. The summed E-state index contributed by atoms with van der Waals surface area (Å²) in [6, 6.07) is 1.29. The number of rotatable bonds is 4. The van der Waals surface area contributed by atoms with E-state index in [4.69, 9.17) is 23.2 Å². The molecule has 0 aromatic carbocycles. The Kier molecular flexibility index (Phi) is 5.23. The molecule has 19 heavy (non-hydrogen) atoms. The van der Waals surface area contributed by atoms with Crippen LogP contribution in [0.2, 0.25) is 10.2 Å². The highest BCUT2D eigenvalue weighted by molar-refractivity contribution is 7.89. The third kappa shape index (κ3) is 4.60. The van der Waals surface area contributed by atoms with Crippen molar-refractivity contribution in [3.8, 4) is 0 Å². The smallest absolute Gasteiger partial charge is 0.242 e. The lowest BCUT2D eigenvalue weighted by Crippen LogP contribution is -2.33. The summed E-state index contributed by atoms with van der Waals surface area (Å²) in [6.45, 7) is 8.54. The van der Waals surface area contributed by atoms with Gasteiger partial charge in [0.2, 0.25) is 10.0 Å². The summed E-state index contributed by atoms with van der Waals surface area (Å²) in [5.74, 6) is 0.193. The standard InChI is InChI=1S/C12H18Cl2N2O2S/c1-8(12(2,3)4)6-16-19(17,18)9-5-10(13)11(14)15-7-9/h5,7-8,16H,6H2,1-4H3. The fourth-order valence-electron chi connectivity index (χ4n) is 1.17. The van der Waals surface area contributed by atoms with Gasteiger partial charge >= 0.3 is 0 Å². The van der Waals surface area contributed by atoms with E-state index < -0.39 is 10.0 Å². The first-order chi connectivity index (χ1) is 8.54. The lowest BCUT2D eigenvalue weighted by atomic mass is 9.82. The van der Waals surface area contributed by atoms with Crippen molar-refractivity contribution in [2.45, 2.75) is 32.6 Å². The topological polar surface area (TPSA) is 59.1 Å². The SMILES string of the molecule is CC(CNS(=O)(=O)c1cnc(Cl)c(Cl)c1)C(C)(C)C. The van der Waals surface area contributed by atoms with E-state index in [0.29, 0.717) is 6.54 Å². The van der Waals surface area contributed by atoms with Crippen LogP contribution < -0.4 is 4.72 Å². The number of hydrogen-bond donors (Lipinski definition) is 1. The van der Waals surface area contributed by atoms with Gasteiger partial charge in [-0.15, -0.1) is 0 Å². The highest BCUT2D eigenvalue weighted by Crippen LogP contribution is 2.25. The van der Waals surface area contributed by atoms with Crippen molar-refractivity contribution in [2.75, 3.05) is 6.54 Å². The zero-order valence-corrected chi connectivity index (χ0v) is 13.7. The van der Waals surface area contributed by atoms with Crippen molar-refractivity contribution in [1.82, 2.24) is 9.71 Å². The van der Waals surface area contributed by atoms with Gasteiger partial charge in [-0.3, -0.25) is 0 Å². The monoisotopic (exact) mass is 324 g/mol. The third-order valence-corrected chi connectivity index (χ3v) is 5.22. The summed E-state index contributed by atoms with van der Waals surface area (Å²) in [7, 11) is -3.61. The minimum absolute atomic E-state index is 0.0167. The maximum Gasteiger partial charge on any atom is 0.242 e. The van der Waals surface area contributed by atoms with Crippen LogP contribution in [0.5, 0.6) is 0 Å². The van der Waals surface area contributed by atoms with Crippen LogP contribution >= 0.6 is 23.2 Å². The Labute approximate surface area is 124 Å². The van der Waals surface area contributed by atoms with Gasteiger partial charge in [0.05, 0.1) is 5.02 Å². The van der Waals surface area contributed by atoms with Crippen LogP contribution in [0.25, 0.3) is 0 Å². The second-order valence-electron chi connectivity index (χ2n) is 5.56. The minimum Gasteiger partial charge on any atom is -0.242 e. The quantitative estimate of drug-likeness (QED) is 0.864. The predicted octanol–water partition coefficient (Wildman–Crippen LogP) is 3.35. The molecule has 0 aliphatic carbocycles. The number of sulfonamides is 1. The Balaban J connectivity index is 2.85. The second kappa shape index (κ2) is 5.95. The third-order valence-electron chi connectivity index (χ3n) is 3.14. The van der Waals surface area contributed by atoms with Gasteiger partial charge < -0.3 is 0 Å². The van der Waals surface area contributed by atoms with Gasteiger partial charge in [0.25, 0.3) is 0 Å². The molecule has 4 nitrogen and oxygen atoms in total. The fraction of sp³-hybridized carbons (Fsp3) is 0.583. The molecule has 0 saturated carbocycles. The predicted molar refractivity (Wildman–Crippen MR) is 78.1 cm³/mol. The zero-order valence-electron chi connectivity index (χ0n) is 11.4. The molecule has 0 bridgehead atoms. The van der Waals surface area contributed by atoms with E-state index in [0.717, 1.165) is 0 Å². The molecule has 0 aliphatic rings. The van der Waals surface area contributed by atoms with E-state index in [9.17, 15) is 8.42 Å². The van der Waals surface area contributed by atoms with Crippen LogP contribution in [-0.2, 0) is 10.0 Å². The van der Waals surface area contributed by atoms with E-state index in [1.807, 2.05) is 6.92 Å². The van der Waals surface area contributed by atoms with Crippen LogP contribution in [0.4, 0.5) is 0 Å². The van der Waals surface area contributed by atoms with Crippen molar-refractivity contribution in [2.24, 2.45) is 11.3 Å². The Hall–Kier alpha value is -0.360. The first-order valence-corrected chi connectivity index (χ1v) is 8.08. The summed E-state index contributed by atoms with van der Waals surface area (Å²) in [4.78, 5) is 3.75. The summed E-state index contributed by atoms with van der Waals surface area (Å²) < 4.78 is 26.7. The van der Waals surface area contributed by atoms with E-state index in [-0.39, 0.29) is 26.4 Å². The summed E-state index contributed by atoms with van der Waals surface area (Å²) in [6.07, 6.45) is 1.19. The molecule has 0 saturated heterocycles. The maximum absolute atomic E-state index is 12.1. The molecule has 0 aliphatic heterocycles. The Morgan fingerprint density at radius 1 is 1.37 bits per heavy atom. The molecule has 108 valence electrons. The van der Waals surface area contributed by atoms with Crippen LogP contribution in [0.1, 0.15) is 27.7 Å². The molecular formula is C12H18Cl2N2O2S. The molecule has 0 spiro atoms. The van der Waals surface area contributed by atoms with Crippen LogP contribution in [0.3, 0.4) is 0 Å². The molecule has 0 fully saturated rings. The van der Waals surface area contributed by atoms with Crippen LogP contribution in [0, 0.1) is 11.3 Å². The number of halogens is 2. The molecule has 1 rings (SSSR count). The highest BCUT2D eigenvalue weighted by Gasteiger charge is 2.23. The van der Waals surface area contributed by atoms with E-state index >= 15 is 0 Å². The molecule has 1 aromatic heterocycles. The van der Waals surface area contributed by atoms with E-state index in [2.05, 4.69) is 30.5 Å². The molecule has 1 unspecified atom stereocenters. The molecule has 0 amide bonds. The normalized spacial score (nSPS) is 14.4. The highest BCUT2D eigenvalue weighted by atomic mass is 35.5. The number of nitrogens with one attached hydrogen (secondary N) is 1. The van der Waals surface area contributed by atoms with Crippen molar-refractivity contribution in [3.63, 3.8) is 0 Å². The van der Waals surface area contributed by atoms with Gasteiger partial charge in [-0.05, 0) is 17.4 Å². The van der Waals surface area contributed by atoms with E-state index in [1.165, 1.54) is 12.3 Å². The largest absolute Gasteiger partial charge is 0.242 e. The van der Waals surface area contributed by atoms with Gasteiger partial charge in [-0.2, -0.15) is 0 Å². The van der Waals surface area contributed by atoms with Crippen molar-refractivity contribution < 1.29 is 8.42 Å². The summed E-state index contributed by atoms with van der Waals surface area (Å²) in [5.41, 5.74) is 0.0262. The molecule has 1 atom stereocenters. The van der Waals surface area contributed by atoms with Crippen LogP contribution in [-0.4, -0.2) is 19.9 Å². The zero-order chi connectivity index (χ0) is 14.8. The Bertz CT molecular complexity index is 553. The van der Waals surface area contributed by atoms with Gasteiger partial charge in [0.15, 0.2) is 0 Å². The molecule has 1 heterocycles. The van der Waals surface area contributed by atoms with Crippen LogP contribution in [0.15, 0.2) is 17.2 Å². The van der Waals surface area contributed by atoms with Crippen molar-refractivity contribution in [3.05, 3.63) is 22.4 Å². The van der Waals surface area contributed by atoms with Gasteiger partial charge in [0.1, 0.15) is 10.0 Å². The number of aromatic nitrogens is 1. The molecule has 7 heteroatoms. The molecular weight excluding hydrogens is 307 g/mol. The average molecular weight is 325 g/mol. The number of nitrogens with zero attached hydrogens (tertiary/aromatic N) is 1. The number of pyridine rings is 1. The molecule has 0 radical (unpaired) electrons. The summed E-state index contributed by atoms with van der Waals surface area (Å²) >= 11 is 11.4. The maximum atomic E-state index is 12.1. The van der Waals surface area contributed by atoms with Gasteiger partial charge in [-0.1, -0.05) is 50.9 Å². The first kappa shape index (κ1) is 16.7. The lowest BCUT2D eigenvalue weighted by molar-refractivity contribution is 0.263. The van der Waals surface area contributed by atoms with Gasteiger partial charge in [-0.25, -0.2) is 18.1 Å². The summed E-state index contributed by atoms with van der Waals surface area (Å²) in [5, 5.41) is 0.206. The average Bonchev–Trinajstić information content (AvgIpc) is 2.28. The fourth-order valence-corrected chi connectivity index (χ4v) is 2.61.